The number of anilines is 1. The molecule has 30 heavy (non-hydrogen) atoms. The smallest absolute Gasteiger partial charge is 0.268 e. The third kappa shape index (κ3) is 5.35. The van der Waals surface area contributed by atoms with Gasteiger partial charge in [-0.15, -0.1) is 11.3 Å². The lowest BCUT2D eigenvalue weighted by Gasteiger charge is -2.03. The highest BCUT2D eigenvalue weighted by atomic mass is 79.9. The molecule has 152 valence electrons. The van der Waals surface area contributed by atoms with E-state index in [2.05, 4.69) is 26.2 Å². The molecule has 0 spiro atoms. The summed E-state index contributed by atoms with van der Waals surface area (Å²) in [5, 5.41) is 12.7. The molecule has 0 saturated carbocycles. The van der Waals surface area contributed by atoms with Gasteiger partial charge in [-0.3, -0.25) is 10.1 Å². The summed E-state index contributed by atoms with van der Waals surface area (Å²) in [5.41, 5.74) is 2.59. The number of ether oxygens (including phenoxy) is 1. The molecule has 0 saturated heterocycles. The summed E-state index contributed by atoms with van der Waals surface area (Å²) in [4.78, 5) is 18.3. The van der Waals surface area contributed by atoms with Gasteiger partial charge in [0, 0.05) is 14.9 Å². The Hall–Kier alpha value is -2.95. The first-order valence-electron chi connectivity index (χ1n) is 9.45. The number of halogens is 1. The van der Waals surface area contributed by atoms with Crippen LogP contribution >= 0.6 is 27.3 Å². The van der Waals surface area contributed by atoms with Crippen LogP contribution in [0.2, 0.25) is 0 Å². The van der Waals surface area contributed by atoms with Gasteiger partial charge in [0.05, 0.1) is 12.3 Å². The number of carbonyl (C=O) groups excluding carboxylic acids is 1. The maximum absolute atomic E-state index is 12.6. The van der Waals surface area contributed by atoms with Crippen molar-refractivity contribution >= 4 is 44.4 Å². The Morgan fingerprint density at radius 3 is 2.50 bits per heavy atom. The third-order valence-corrected chi connectivity index (χ3v) is 5.87. The van der Waals surface area contributed by atoms with Crippen LogP contribution in [0.15, 0.2) is 58.6 Å². The topological polar surface area (TPSA) is 75.0 Å². The number of nitrogens with one attached hydrogen (secondary N) is 1. The number of aryl methyl sites for hydroxylation is 1. The molecule has 7 heteroatoms. The highest BCUT2D eigenvalue weighted by Crippen LogP contribution is 2.32. The first kappa shape index (κ1) is 21.8. The van der Waals surface area contributed by atoms with Gasteiger partial charge in [0.2, 0.25) is 0 Å². The monoisotopic (exact) mass is 481 g/mol. The number of hydrogen-bond donors (Lipinski definition) is 1. The first-order valence-corrected chi connectivity index (χ1v) is 11.1. The minimum absolute atomic E-state index is 0.0117. The normalized spacial score (nSPS) is 11.1. The summed E-state index contributed by atoms with van der Waals surface area (Å²) in [7, 11) is 0. The van der Waals surface area contributed by atoms with E-state index < -0.39 is 5.91 Å². The molecule has 1 heterocycles. The van der Waals surface area contributed by atoms with Gasteiger partial charge >= 0.3 is 0 Å². The Kier molecular flexibility index (Phi) is 7.39. The van der Waals surface area contributed by atoms with Crippen LogP contribution in [0.3, 0.4) is 0 Å². The predicted octanol–water partition coefficient (Wildman–Crippen LogP) is 6.08. The molecule has 1 amide bonds. The van der Waals surface area contributed by atoms with Gasteiger partial charge in [-0.25, -0.2) is 4.98 Å². The number of carbonyl (C=O) groups is 1. The standard InChI is InChI=1S/C23H20BrN3O2S/c1-3-20-21(16-7-9-18(24)10-8-16)26-23(30-20)27-22(28)17(14-25)13-15-5-11-19(12-6-15)29-4-2/h5-13H,3-4H2,1-2H3,(H,26,27,28)/b17-13+. The fourth-order valence-electron chi connectivity index (χ4n) is 2.78. The van der Waals surface area contributed by atoms with Crippen molar-refractivity contribution in [3.63, 3.8) is 0 Å². The fourth-order valence-corrected chi connectivity index (χ4v) is 3.97. The molecule has 5 nitrogen and oxygen atoms in total. The van der Waals surface area contributed by atoms with E-state index in [1.807, 2.05) is 44.2 Å². The van der Waals surface area contributed by atoms with Crippen molar-refractivity contribution in [3.8, 4) is 23.1 Å². The van der Waals surface area contributed by atoms with Crippen molar-refractivity contribution in [1.29, 1.82) is 5.26 Å². The second-order valence-electron chi connectivity index (χ2n) is 6.28. The zero-order valence-electron chi connectivity index (χ0n) is 16.6. The van der Waals surface area contributed by atoms with Crippen LogP contribution < -0.4 is 10.1 Å². The van der Waals surface area contributed by atoms with E-state index in [0.29, 0.717) is 11.7 Å². The second kappa shape index (κ2) is 10.2. The SMILES string of the molecule is CCOc1ccc(/C=C(\C#N)C(=O)Nc2nc(-c3ccc(Br)cc3)c(CC)s2)cc1. The van der Waals surface area contributed by atoms with Crippen molar-refractivity contribution in [1.82, 2.24) is 4.98 Å². The zero-order valence-corrected chi connectivity index (χ0v) is 19.0. The second-order valence-corrected chi connectivity index (χ2v) is 8.28. The number of nitriles is 1. The van der Waals surface area contributed by atoms with E-state index in [4.69, 9.17) is 4.74 Å². The molecule has 0 unspecified atom stereocenters. The maximum atomic E-state index is 12.6. The zero-order chi connectivity index (χ0) is 21.5. The van der Waals surface area contributed by atoms with Gasteiger partial charge < -0.3 is 4.74 Å². The van der Waals surface area contributed by atoms with Crippen LogP contribution in [-0.2, 0) is 11.2 Å². The molecule has 0 aliphatic heterocycles. The quantitative estimate of drug-likeness (QED) is 0.327. The Morgan fingerprint density at radius 1 is 1.20 bits per heavy atom. The van der Waals surface area contributed by atoms with Gasteiger partial charge in [-0.1, -0.05) is 47.1 Å². The highest BCUT2D eigenvalue weighted by Gasteiger charge is 2.16. The molecule has 0 aliphatic carbocycles. The Labute approximate surface area is 188 Å². The third-order valence-electron chi connectivity index (χ3n) is 4.22. The van der Waals surface area contributed by atoms with Gasteiger partial charge in [0.15, 0.2) is 5.13 Å². The van der Waals surface area contributed by atoms with Crippen molar-refractivity contribution in [3.05, 3.63) is 69.0 Å². The summed E-state index contributed by atoms with van der Waals surface area (Å²) < 4.78 is 6.40. The summed E-state index contributed by atoms with van der Waals surface area (Å²) in [6.45, 7) is 4.54. The Balaban J connectivity index is 1.80. The minimum Gasteiger partial charge on any atom is -0.494 e. The lowest BCUT2D eigenvalue weighted by molar-refractivity contribution is -0.112. The van der Waals surface area contributed by atoms with E-state index >= 15 is 0 Å². The number of rotatable bonds is 7. The molecule has 0 aliphatic rings. The van der Waals surface area contributed by atoms with E-state index in [1.54, 1.807) is 30.3 Å². The number of benzene rings is 2. The molecule has 0 atom stereocenters. The van der Waals surface area contributed by atoms with E-state index in [0.717, 1.165) is 38.3 Å². The van der Waals surface area contributed by atoms with Gasteiger partial charge in [-0.2, -0.15) is 5.26 Å². The van der Waals surface area contributed by atoms with Gasteiger partial charge in [-0.05, 0) is 49.2 Å². The lowest BCUT2D eigenvalue weighted by atomic mass is 10.1. The minimum atomic E-state index is -0.481. The molecule has 1 aromatic heterocycles. The summed E-state index contributed by atoms with van der Waals surface area (Å²) >= 11 is 4.86. The highest BCUT2D eigenvalue weighted by molar-refractivity contribution is 9.10. The number of amides is 1. The van der Waals surface area contributed by atoms with Crippen molar-refractivity contribution in [2.45, 2.75) is 20.3 Å². The average Bonchev–Trinajstić information content (AvgIpc) is 3.16. The van der Waals surface area contributed by atoms with Gasteiger partial charge in [0.1, 0.15) is 17.4 Å². The molecule has 0 fully saturated rings. The molecule has 0 bridgehead atoms. The first-order chi connectivity index (χ1) is 14.5. The molecule has 1 N–H and O–H groups in total. The van der Waals surface area contributed by atoms with Gasteiger partial charge in [0.25, 0.3) is 5.91 Å². The number of aromatic nitrogens is 1. The predicted molar refractivity (Wildman–Crippen MR) is 124 cm³/mol. The van der Waals surface area contributed by atoms with E-state index in [9.17, 15) is 10.1 Å². The molecule has 0 radical (unpaired) electrons. The van der Waals surface area contributed by atoms with E-state index in [1.165, 1.54) is 11.3 Å². The van der Waals surface area contributed by atoms with Crippen molar-refractivity contribution < 1.29 is 9.53 Å². The van der Waals surface area contributed by atoms with Crippen LogP contribution in [0.1, 0.15) is 24.3 Å². The van der Waals surface area contributed by atoms with Crippen LogP contribution in [0.5, 0.6) is 5.75 Å². The maximum Gasteiger partial charge on any atom is 0.268 e. The Bertz CT molecular complexity index is 1100. The largest absolute Gasteiger partial charge is 0.494 e. The molecular weight excluding hydrogens is 462 g/mol. The molecular formula is C23H20BrN3O2S. The fraction of sp³-hybridized carbons (Fsp3) is 0.174. The van der Waals surface area contributed by atoms with Crippen LogP contribution in [-0.4, -0.2) is 17.5 Å². The number of thiazole rings is 1. The number of hydrogen-bond acceptors (Lipinski definition) is 5. The summed E-state index contributed by atoms with van der Waals surface area (Å²) in [6.07, 6.45) is 2.35. The van der Waals surface area contributed by atoms with E-state index in [-0.39, 0.29) is 5.57 Å². The van der Waals surface area contributed by atoms with Crippen molar-refractivity contribution in [2.24, 2.45) is 0 Å². The summed E-state index contributed by atoms with van der Waals surface area (Å²) in [5.74, 6) is 0.262. The molecule has 2 aromatic carbocycles. The van der Waals surface area contributed by atoms with Crippen molar-refractivity contribution in [2.75, 3.05) is 11.9 Å². The number of nitrogens with zero attached hydrogens (tertiary/aromatic N) is 2. The summed E-state index contributed by atoms with van der Waals surface area (Å²) in [6, 6.07) is 17.1. The van der Waals surface area contributed by atoms with Crippen LogP contribution in [0, 0.1) is 11.3 Å². The Morgan fingerprint density at radius 2 is 1.90 bits per heavy atom. The molecule has 3 aromatic rings. The van der Waals surface area contributed by atoms with Crippen LogP contribution in [0.25, 0.3) is 17.3 Å². The average molecular weight is 482 g/mol. The molecule has 3 rings (SSSR count). The van der Waals surface area contributed by atoms with Crippen LogP contribution in [0.4, 0.5) is 5.13 Å². The lowest BCUT2D eigenvalue weighted by Crippen LogP contribution is -2.13.